The lowest BCUT2D eigenvalue weighted by Crippen LogP contribution is -2.30. The SMILES string of the molecule is CCS(=O)(=O)C1CCC(COC(N)=O)CC1. The maximum atomic E-state index is 11.6. The van der Waals surface area contributed by atoms with Crippen molar-refractivity contribution in [2.24, 2.45) is 11.7 Å². The molecular formula is C10H19NO4S. The van der Waals surface area contributed by atoms with Crippen molar-refractivity contribution < 1.29 is 17.9 Å². The zero-order valence-corrected chi connectivity index (χ0v) is 10.3. The second-order valence-corrected chi connectivity index (χ2v) is 6.79. The molecule has 2 N–H and O–H groups in total. The van der Waals surface area contributed by atoms with Crippen LogP contribution in [-0.2, 0) is 14.6 Å². The molecule has 1 amide bonds. The van der Waals surface area contributed by atoms with Crippen LogP contribution in [0.1, 0.15) is 32.6 Å². The number of rotatable bonds is 4. The van der Waals surface area contributed by atoms with Gasteiger partial charge in [0.1, 0.15) is 0 Å². The number of nitrogens with two attached hydrogens (primary N) is 1. The molecule has 1 saturated carbocycles. The second kappa shape index (κ2) is 5.52. The van der Waals surface area contributed by atoms with Gasteiger partial charge in [-0.3, -0.25) is 0 Å². The molecule has 0 atom stereocenters. The van der Waals surface area contributed by atoms with Crippen molar-refractivity contribution in [3.63, 3.8) is 0 Å². The Balaban J connectivity index is 2.37. The van der Waals surface area contributed by atoms with Gasteiger partial charge >= 0.3 is 6.09 Å². The summed E-state index contributed by atoms with van der Waals surface area (Å²) in [5.41, 5.74) is 4.87. The quantitative estimate of drug-likeness (QED) is 0.807. The van der Waals surface area contributed by atoms with Crippen LogP contribution in [0.25, 0.3) is 0 Å². The number of ether oxygens (including phenoxy) is 1. The van der Waals surface area contributed by atoms with E-state index < -0.39 is 15.9 Å². The van der Waals surface area contributed by atoms with Crippen LogP contribution in [0.5, 0.6) is 0 Å². The summed E-state index contributed by atoms with van der Waals surface area (Å²) >= 11 is 0. The summed E-state index contributed by atoms with van der Waals surface area (Å²) in [6.07, 6.45) is 2.16. The Morgan fingerprint density at radius 2 is 1.88 bits per heavy atom. The fourth-order valence-corrected chi connectivity index (χ4v) is 3.56. The number of carbonyl (C=O) groups is 1. The summed E-state index contributed by atoms with van der Waals surface area (Å²) in [6.45, 7) is 1.99. The average molecular weight is 249 g/mol. The van der Waals surface area contributed by atoms with Gasteiger partial charge in [-0.15, -0.1) is 0 Å². The number of amides is 1. The monoisotopic (exact) mass is 249 g/mol. The van der Waals surface area contributed by atoms with Gasteiger partial charge in [0, 0.05) is 5.75 Å². The Bertz CT molecular complexity index is 331. The number of sulfone groups is 1. The summed E-state index contributed by atoms with van der Waals surface area (Å²) in [4.78, 5) is 10.4. The summed E-state index contributed by atoms with van der Waals surface area (Å²) in [6, 6.07) is 0. The van der Waals surface area contributed by atoms with Crippen molar-refractivity contribution in [3.05, 3.63) is 0 Å². The van der Waals surface area contributed by atoms with Crippen LogP contribution in [0.15, 0.2) is 0 Å². The minimum absolute atomic E-state index is 0.206. The van der Waals surface area contributed by atoms with Crippen molar-refractivity contribution >= 4 is 15.9 Å². The lowest BCUT2D eigenvalue weighted by Gasteiger charge is -2.27. The molecule has 0 aliphatic heterocycles. The van der Waals surface area contributed by atoms with Crippen LogP contribution < -0.4 is 5.73 Å². The standard InChI is InChI=1S/C10H19NO4S/c1-2-16(13,14)9-5-3-8(4-6-9)7-15-10(11)12/h8-9H,2-7H2,1H3,(H2,11,12). The minimum atomic E-state index is -2.91. The third kappa shape index (κ3) is 3.66. The number of carbonyl (C=O) groups excluding carboxylic acids is 1. The maximum absolute atomic E-state index is 11.6. The molecule has 0 radical (unpaired) electrons. The molecule has 0 aromatic heterocycles. The van der Waals surface area contributed by atoms with Crippen LogP contribution in [0.3, 0.4) is 0 Å². The first-order chi connectivity index (χ1) is 7.45. The fraction of sp³-hybridized carbons (Fsp3) is 0.900. The van der Waals surface area contributed by atoms with Crippen molar-refractivity contribution in [1.29, 1.82) is 0 Å². The molecule has 5 nitrogen and oxygen atoms in total. The fourth-order valence-electron chi connectivity index (χ4n) is 2.09. The Labute approximate surface area is 96.3 Å². The van der Waals surface area contributed by atoms with E-state index in [9.17, 15) is 13.2 Å². The van der Waals surface area contributed by atoms with Gasteiger partial charge in [0.2, 0.25) is 0 Å². The lowest BCUT2D eigenvalue weighted by atomic mass is 9.89. The molecule has 0 bridgehead atoms. The number of primary amides is 1. The van der Waals surface area contributed by atoms with Crippen molar-refractivity contribution in [2.45, 2.75) is 37.9 Å². The third-order valence-corrected chi connectivity index (χ3v) is 5.46. The van der Waals surface area contributed by atoms with Gasteiger partial charge in [-0.2, -0.15) is 0 Å². The molecular weight excluding hydrogens is 230 g/mol. The van der Waals surface area contributed by atoms with Crippen molar-refractivity contribution in [2.75, 3.05) is 12.4 Å². The molecule has 0 aromatic rings. The van der Waals surface area contributed by atoms with Gasteiger partial charge in [0.25, 0.3) is 0 Å². The van der Waals surface area contributed by atoms with Crippen LogP contribution in [0.4, 0.5) is 4.79 Å². The van der Waals surface area contributed by atoms with Gasteiger partial charge in [0.05, 0.1) is 11.9 Å². The molecule has 0 saturated heterocycles. The highest BCUT2D eigenvalue weighted by molar-refractivity contribution is 7.92. The van der Waals surface area contributed by atoms with Crippen LogP contribution in [-0.4, -0.2) is 32.1 Å². The molecule has 1 fully saturated rings. The van der Waals surface area contributed by atoms with Gasteiger partial charge in [0.15, 0.2) is 9.84 Å². The predicted molar refractivity (Wildman–Crippen MR) is 60.7 cm³/mol. The Morgan fingerprint density at radius 3 is 2.31 bits per heavy atom. The van der Waals surface area contributed by atoms with Crippen molar-refractivity contribution in [3.8, 4) is 0 Å². The van der Waals surface area contributed by atoms with E-state index in [1.807, 2.05) is 0 Å². The van der Waals surface area contributed by atoms with Gasteiger partial charge in [-0.05, 0) is 31.6 Å². The number of hydrogen-bond acceptors (Lipinski definition) is 4. The maximum Gasteiger partial charge on any atom is 0.404 e. The van der Waals surface area contributed by atoms with E-state index in [0.29, 0.717) is 19.4 Å². The second-order valence-electron chi connectivity index (χ2n) is 4.22. The Hall–Kier alpha value is -0.780. The predicted octanol–water partition coefficient (Wildman–Crippen LogP) is 1.08. The summed E-state index contributed by atoms with van der Waals surface area (Å²) in [7, 11) is -2.91. The highest BCUT2D eigenvalue weighted by atomic mass is 32.2. The molecule has 0 unspecified atom stereocenters. The molecule has 1 rings (SSSR count). The minimum Gasteiger partial charge on any atom is -0.449 e. The zero-order valence-electron chi connectivity index (χ0n) is 9.52. The first-order valence-corrected chi connectivity index (χ1v) is 7.31. The van der Waals surface area contributed by atoms with E-state index in [1.165, 1.54) is 0 Å². The van der Waals surface area contributed by atoms with E-state index >= 15 is 0 Å². The number of hydrogen-bond donors (Lipinski definition) is 1. The van der Waals surface area contributed by atoms with E-state index in [1.54, 1.807) is 6.92 Å². The van der Waals surface area contributed by atoms with E-state index in [2.05, 4.69) is 0 Å². The molecule has 1 aliphatic carbocycles. The summed E-state index contributed by atoms with van der Waals surface area (Å²) in [5, 5.41) is -0.206. The highest BCUT2D eigenvalue weighted by Gasteiger charge is 2.29. The van der Waals surface area contributed by atoms with Crippen LogP contribution in [0.2, 0.25) is 0 Å². The zero-order chi connectivity index (χ0) is 12.2. The van der Waals surface area contributed by atoms with Crippen LogP contribution >= 0.6 is 0 Å². The normalized spacial score (nSPS) is 26.3. The summed E-state index contributed by atoms with van der Waals surface area (Å²) < 4.78 is 28.0. The van der Waals surface area contributed by atoms with Gasteiger partial charge in [-0.1, -0.05) is 6.92 Å². The van der Waals surface area contributed by atoms with Gasteiger partial charge < -0.3 is 10.5 Å². The average Bonchev–Trinajstić information content (AvgIpc) is 2.27. The molecule has 94 valence electrons. The molecule has 6 heteroatoms. The van der Waals surface area contributed by atoms with Crippen LogP contribution in [0, 0.1) is 5.92 Å². The topological polar surface area (TPSA) is 86.5 Å². The van der Waals surface area contributed by atoms with E-state index in [0.717, 1.165) is 12.8 Å². The lowest BCUT2D eigenvalue weighted by molar-refractivity contribution is 0.125. The molecule has 1 aliphatic rings. The molecule has 0 spiro atoms. The third-order valence-electron chi connectivity index (χ3n) is 3.17. The first-order valence-electron chi connectivity index (χ1n) is 5.59. The Kier molecular flexibility index (Phi) is 4.58. The van der Waals surface area contributed by atoms with Crippen molar-refractivity contribution in [1.82, 2.24) is 0 Å². The van der Waals surface area contributed by atoms with E-state index in [-0.39, 0.29) is 16.9 Å². The first kappa shape index (κ1) is 13.3. The Morgan fingerprint density at radius 1 is 1.31 bits per heavy atom. The molecule has 0 aromatic carbocycles. The molecule has 0 heterocycles. The molecule has 16 heavy (non-hydrogen) atoms. The largest absolute Gasteiger partial charge is 0.449 e. The van der Waals surface area contributed by atoms with Gasteiger partial charge in [-0.25, -0.2) is 13.2 Å². The summed E-state index contributed by atoms with van der Waals surface area (Å²) in [5.74, 6) is 0.468. The smallest absolute Gasteiger partial charge is 0.404 e. The van der Waals surface area contributed by atoms with E-state index in [4.69, 9.17) is 10.5 Å². The highest BCUT2D eigenvalue weighted by Crippen LogP contribution is 2.28.